The van der Waals surface area contributed by atoms with Crippen LogP contribution in [0.5, 0.6) is 0 Å². The van der Waals surface area contributed by atoms with Crippen molar-refractivity contribution in [2.75, 3.05) is 0 Å². The minimum Gasteiger partial charge on any atom is -0.276 e. The summed E-state index contributed by atoms with van der Waals surface area (Å²) in [6.45, 7) is 6.89. The second-order valence-corrected chi connectivity index (χ2v) is 6.94. The standard InChI is InChI=1S/C13H17ClOS/c1-13(2,3)8-4-5-9-10(12(14)15)7-16-11(9)6-8/h7-8H,4-6H2,1-3H3. The van der Waals surface area contributed by atoms with Gasteiger partial charge < -0.3 is 0 Å². The second-order valence-electron chi connectivity index (χ2n) is 5.63. The Morgan fingerprint density at radius 1 is 1.50 bits per heavy atom. The maximum Gasteiger partial charge on any atom is 0.253 e. The summed E-state index contributed by atoms with van der Waals surface area (Å²) >= 11 is 7.27. The lowest BCUT2D eigenvalue weighted by atomic mass is 9.72. The monoisotopic (exact) mass is 256 g/mol. The first-order chi connectivity index (χ1) is 7.39. The lowest BCUT2D eigenvalue weighted by Gasteiger charge is -2.33. The SMILES string of the molecule is CC(C)(C)C1CCc2c(C(=O)Cl)csc2C1. The predicted octanol–water partition coefficient (Wildman–Crippen LogP) is 4.28. The van der Waals surface area contributed by atoms with E-state index in [2.05, 4.69) is 20.8 Å². The average Bonchev–Trinajstić information content (AvgIpc) is 2.58. The first-order valence-electron chi connectivity index (χ1n) is 5.68. The van der Waals surface area contributed by atoms with E-state index in [1.165, 1.54) is 16.9 Å². The molecule has 0 aliphatic heterocycles. The molecule has 2 rings (SSSR count). The molecule has 1 aliphatic rings. The summed E-state index contributed by atoms with van der Waals surface area (Å²) < 4.78 is 0. The van der Waals surface area contributed by atoms with Crippen LogP contribution in [0.3, 0.4) is 0 Å². The molecule has 0 amide bonds. The largest absolute Gasteiger partial charge is 0.276 e. The van der Waals surface area contributed by atoms with E-state index in [-0.39, 0.29) is 5.24 Å². The first kappa shape index (κ1) is 12.1. The van der Waals surface area contributed by atoms with Gasteiger partial charge >= 0.3 is 0 Å². The molecular formula is C13H17ClOS. The van der Waals surface area contributed by atoms with Gasteiger partial charge in [-0.05, 0) is 47.8 Å². The summed E-state index contributed by atoms with van der Waals surface area (Å²) in [4.78, 5) is 12.6. The number of fused-ring (bicyclic) bond motifs is 1. The van der Waals surface area contributed by atoms with E-state index >= 15 is 0 Å². The van der Waals surface area contributed by atoms with Crippen LogP contribution in [0, 0.1) is 11.3 Å². The number of carbonyl (C=O) groups is 1. The molecule has 0 N–H and O–H groups in total. The van der Waals surface area contributed by atoms with Gasteiger partial charge in [0.2, 0.25) is 0 Å². The van der Waals surface area contributed by atoms with Crippen LogP contribution in [0.4, 0.5) is 0 Å². The highest BCUT2D eigenvalue weighted by Crippen LogP contribution is 2.40. The zero-order valence-electron chi connectivity index (χ0n) is 9.97. The minimum atomic E-state index is -0.299. The Hall–Kier alpha value is -0.340. The molecule has 0 radical (unpaired) electrons. The fourth-order valence-electron chi connectivity index (χ4n) is 2.42. The summed E-state index contributed by atoms with van der Waals surface area (Å²) in [5, 5.41) is 1.62. The van der Waals surface area contributed by atoms with Crippen LogP contribution < -0.4 is 0 Å². The smallest absolute Gasteiger partial charge is 0.253 e. The number of carbonyl (C=O) groups excluding carboxylic acids is 1. The van der Waals surface area contributed by atoms with E-state index in [4.69, 9.17) is 11.6 Å². The third kappa shape index (κ3) is 2.18. The average molecular weight is 257 g/mol. The van der Waals surface area contributed by atoms with Crippen molar-refractivity contribution in [2.45, 2.75) is 40.0 Å². The molecule has 1 unspecified atom stereocenters. The Labute approximate surface area is 106 Å². The van der Waals surface area contributed by atoms with Crippen LogP contribution >= 0.6 is 22.9 Å². The fraction of sp³-hybridized carbons (Fsp3) is 0.615. The van der Waals surface area contributed by atoms with Crippen molar-refractivity contribution in [1.82, 2.24) is 0 Å². The number of halogens is 1. The molecule has 1 aliphatic carbocycles. The van der Waals surface area contributed by atoms with Crippen molar-refractivity contribution >= 4 is 28.2 Å². The summed E-state index contributed by atoms with van der Waals surface area (Å²) in [5.41, 5.74) is 2.31. The molecule has 3 heteroatoms. The zero-order valence-corrected chi connectivity index (χ0v) is 11.5. The van der Waals surface area contributed by atoms with Gasteiger partial charge in [0, 0.05) is 15.8 Å². The second kappa shape index (κ2) is 4.15. The van der Waals surface area contributed by atoms with Crippen LogP contribution in [0.2, 0.25) is 0 Å². The van der Waals surface area contributed by atoms with Gasteiger partial charge in [-0.3, -0.25) is 4.79 Å². The molecule has 88 valence electrons. The Kier molecular flexibility index (Phi) is 3.15. The van der Waals surface area contributed by atoms with E-state index in [9.17, 15) is 4.79 Å². The van der Waals surface area contributed by atoms with E-state index in [0.29, 0.717) is 5.41 Å². The molecule has 0 spiro atoms. The summed E-state index contributed by atoms with van der Waals surface area (Å²) in [6, 6.07) is 0. The van der Waals surface area contributed by atoms with Crippen LogP contribution in [0.15, 0.2) is 5.38 Å². The molecule has 1 atom stereocenters. The lowest BCUT2D eigenvalue weighted by molar-refractivity contribution is 0.108. The fourth-order valence-corrected chi connectivity index (χ4v) is 3.81. The highest BCUT2D eigenvalue weighted by atomic mass is 35.5. The normalized spacial score (nSPS) is 20.6. The molecule has 0 saturated carbocycles. The van der Waals surface area contributed by atoms with E-state index in [1.54, 1.807) is 11.3 Å². The van der Waals surface area contributed by atoms with Crippen molar-refractivity contribution in [2.24, 2.45) is 11.3 Å². The third-order valence-corrected chi connectivity index (χ3v) is 4.85. The molecule has 0 fully saturated rings. The summed E-state index contributed by atoms with van der Waals surface area (Å²) in [6.07, 6.45) is 3.28. The molecule has 1 aromatic rings. The number of hydrogen-bond acceptors (Lipinski definition) is 2. The number of rotatable bonds is 1. The zero-order chi connectivity index (χ0) is 11.9. The van der Waals surface area contributed by atoms with E-state index in [0.717, 1.165) is 24.3 Å². The molecule has 0 saturated heterocycles. The summed E-state index contributed by atoms with van der Waals surface area (Å²) in [7, 11) is 0. The third-order valence-electron chi connectivity index (χ3n) is 3.59. The van der Waals surface area contributed by atoms with Crippen molar-refractivity contribution in [1.29, 1.82) is 0 Å². The highest BCUT2D eigenvalue weighted by Gasteiger charge is 2.31. The van der Waals surface area contributed by atoms with Gasteiger partial charge in [0.05, 0.1) is 0 Å². The van der Waals surface area contributed by atoms with E-state index in [1.807, 2.05) is 5.38 Å². The molecule has 0 bridgehead atoms. The minimum absolute atomic E-state index is 0.299. The molecule has 1 heterocycles. The maximum atomic E-state index is 11.2. The van der Waals surface area contributed by atoms with Gasteiger partial charge in [-0.15, -0.1) is 11.3 Å². The van der Waals surface area contributed by atoms with Crippen molar-refractivity contribution in [3.8, 4) is 0 Å². The van der Waals surface area contributed by atoms with Crippen LogP contribution in [-0.2, 0) is 12.8 Å². The van der Waals surface area contributed by atoms with Crippen LogP contribution in [0.1, 0.15) is 48.0 Å². The quantitative estimate of drug-likeness (QED) is 0.686. The van der Waals surface area contributed by atoms with E-state index < -0.39 is 0 Å². The van der Waals surface area contributed by atoms with Crippen molar-refractivity contribution < 1.29 is 4.79 Å². The topological polar surface area (TPSA) is 17.1 Å². The molecule has 16 heavy (non-hydrogen) atoms. The van der Waals surface area contributed by atoms with Gasteiger partial charge in [0.15, 0.2) is 0 Å². The van der Waals surface area contributed by atoms with Gasteiger partial charge in [-0.1, -0.05) is 20.8 Å². The van der Waals surface area contributed by atoms with Crippen molar-refractivity contribution in [3.63, 3.8) is 0 Å². The summed E-state index contributed by atoms with van der Waals surface area (Å²) in [5.74, 6) is 0.719. The predicted molar refractivity (Wildman–Crippen MR) is 69.5 cm³/mol. The lowest BCUT2D eigenvalue weighted by Crippen LogP contribution is -2.26. The van der Waals surface area contributed by atoms with Gasteiger partial charge in [-0.2, -0.15) is 0 Å². The molecule has 1 nitrogen and oxygen atoms in total. The Morgan fingerprint density at radius 3 is 2.75 bits per heavy atom. The highest BCUT2D eigenvalue weighted by molar-refractivity contribution is 7.10. The molecule has 0 aromatic carbocycles. The van der Waals surface area contributed by atoms with Gasteiger partial charge in [0.1, 0.15) is 0 Å². The van der Waals surface area contributed by atoms with Gasteiger partial charge in [-0.25, -0.2) is 0 Å². The number of thiophene rings is 1. The Morgan fingerprint density at radius 2 is 2.19 bits per heavy atom. The molecule has 1 aromatic heterocycles. The van der Waals surface area contributed by atoms with Crippen LogP contribution in [-0.4, -0.2) is 5.24 Å². The molecular weight excluding hydrogens is 240 g/mol. The van der Waals surface area contributed by atoms with Gasteiger partial charge in [0.25, 0.3) is 5.24 Å². The Balaban J connectivity index is 2.27. The maximum absolute atomic E-state index is 11.2. The number of hydrogen-bond donors (Lipinski definition) is 0. The van der Waals surface area contributed by atoms with Crippen LogP contribution in [0.25, 0.3) is 0 Å². The van der Waals surface area contributed by atoms with Crippen molar-refractivity contribution in [3.05, 3.63) is 21.4 Å². The Bertz CT molecular complexity index is 414. The first-order valence-corrected chi connectivity index (χ1v) is 6.94.